The maximum Gasteiger partial charge on any atom is 0.325 e. The first-order chi connectivity index (χ1) is 7.49. The van der Waals surface area contributed by atoms with E-state index in [0.717, 1.165) is 12.8 Å². The van der Waals surface area contributed by atoms with Crippen LogP contribution in [-0.2, 0) is 14.6 Å². The van der Waals surface area contributed by atoms with Crippen LogP contribution in [-0.4, -0.2) is 42.6 Å². The van der Waals surface area contributed by atoms with Gasteiger partial charge in [0.25, 0.3) is 0 Å². The minimum absolute atomic E-state index is 0.133. The molecule has 2 atom stereocenters. The molecule has 2 N–H and O–H groups in total. The molecule has 2 aliphatic rings. The molecule has 2 rings (SSSR count). The van der Waals surface area contributed by atoms with Gasteiger partial charge >= 0.3 is 5.97 Å². The van der Waals surface area contributed by atoms with E-state index in [0.29, 0.717) is 25.8 Å². The fourth-order valence-corrected chi connectivity index (χ4v) is 5.16. The Hall–Kier alpha value is -0.620. The molecule has 0 spiro atoms. The van der Waals surface area contributed by atoms with Gasteiger partial charge in [-0.05, 0) is 38.6 Å². The zero-order valence-electron chi connectivity index (χ0n) is 9.11. The molecule has 0 bridgehead atoms. The van der Waals surface area contributed by atoms with Crippen LogP contribution in [0.5, 0.6) is 0 Å². The van der Waals surface area contributed by atoms with Crippen molar-refractivity contribution in [3.8, 4) is 0 Å². The highest BCUT2D eigenvalue weighted by atomic mass is 32.2. The predicted molar refractivity (Wildman–Crippen MR) is 59.0 cm³/mol. The molecule has 5 nitrogen and oxygen atoms in total. The van der Waals surface area contributed by atoms with Gasteiger partial charge in [0.15, 0.2) is 9.84 Å². The van der Waals surface area contributed by atoms with Gasteiger partial charge in [-0.2, -0.15) is 0 Å². The Bertz CT molecular complexity index is 384. The first-order valence-electron chi connectivity index (χ1n) is 5.69. The van der Waals surface area contributed by atoms with Crippen molar-refractivity contribution >= 4 is 15.8 Å². The van der Waals surface area contributed by atoms with Gasteiger partial charge in [0.05, 0.1) is 11.0 Å². The van der Waals surface area contributed by atoms with Crippen molar-refractivity contribution in [1.29, 1.82) is 0 Å². The van der Waals surface area contributed by atoms with Gasteiger partial charge in [0.2, 0.25) is 0 Å². The van der Waals surface area contributed by atoms with Crippen LogP contribution in [0.2, 0.25) is 0 Å². The van der Waals surface area contributed by atoms with E-state index in [2.05, 4.69) is 5.32 Å². The van der Waals surface area contributed by atoms with Crippen LogP contribution in [0.15, 0.2) is 0 Å². The summed E-state index contributed by atoms with van der Waals surface area (Å²) in [5.41, 5.74) is -1.23. The first-order valence-corrected chi connectivity index (χ1v) is 7.40. The Morgan fingerprint density at radius 1 is 1.31 bits per heavy atom. The molecule has 2 aliphatic heterocycles. The quantitative estimate of drug-likeness (QED) is 0.726. The van der Waals surface area contributed by atoms with Crippen LogP contribution in [0.1, 0.15) is 32.1 Å². The third-order valence-electron chi connectivity index (χ3n) is 3.70. The Morgan fingerprint density at radius 3 is 2.50 bits per heavy atom. The van der Waals surface area contributed by atoms with Crippen molar-refractivity contribution in [2.75, 3.05) is 12.3 Å². The standard InChI is InChI=1S/C10H17NO4S/c12-9(13)10(5-1-2-6-11-10)8-4-3-7-16(8,14)15/h8,11H,1-7H2,(H,12,13). The topological polar surface area (TPSA) is 83.5 Å². The maximum absolute atomic E-state index is 11.9. The number of piperidine rings is 1. The molecule has 0 aliphatic carbocycles. The lowest BCUT2D eigenvalue weighted by atomic mass is 9.84. The minimum Gasteiger partial charge on any atom is -0.480 e. The molecule has 92 valence electrons. The van der Waals surface area contributed by atoms with Gasteiger partial charge in [-0.1, -0.05) is 0 Å². The third-order valence-corrected chi connectivity index (χ3v) is 6.06. The van der Waals surface area contributed by atoms with Crippen molar-refractivity contribution < 1.29 is 18.3 Å². The molecule has 0 aromatic heterocycles. The molecular weight excluding hydrogens is 230 g/mol. The Kier molecular flexibility index (Phi) is 2.96. The van der Waals surface area contributed by atoms with Crippen LogP contribution < -0.4 is 5.32 Å². The number of hydrogen-bond acceptors (Lipinski definition) is 4. The molecule has 0 aromatic rings. The largest absolute Gasteiger partial charge is 0.480 e. The number of hydrogen-bond donors (Lipinski definition) is 2. The summed E-state index contributed by atoms with van der Waals surface area (Å²) >= 11 is 0. The minimum atomic E-state index is -3.23. The second kappa shape index (κ2) is 4.00. The monoisotopic (exact) mass is 247 g/mol. The molecule has 2 heterocycles. The van der Waals surface area contributed by atoms with Crippen molar-refractivity contribution in [3.05, 3.63) is 0 Å². The van der Waals surface area contributed by atoms with Gasteiger partial charge in [0, 0.05) is 0 Å². The van der Waals surface area contributed by atoms with E-state index >= 15 is 0 Å². The lowest BCUT2D eigenvalue weighted by Crippen LogP contribution is -2.63. The van der Waals surface area contributed by atoms with Crippen molar-refractivity contribution in [2.24, 2.45) is 0 Å². The van der Waals surface area contributed by atoms with E-state index in [1.807, 2.05) is 0 Å². The van der Waals surface area contributed by atoms with Gasteiger partial charge < -0.3 is 10.4 Å². The van der Waals surface area contributed by atoms with E-state index in [4.69, 9.17) is 0 Å². The highest BCUT2D eigenvalue weighted by Gasteiger charge is 2.53. The number of nitrogens with one attached hydrogen (secondary N) is 1. The van der Waals surface area contributed by atoms with Crippen molar-refractivity contribution in [2.45, 2.75) is 42.9 Å². The molecular formula is C10H17NO4S. The van der Waals surface area contributed by atoms with E-state index in [9.17, 15) is 18.3 Å². The number of sulfone groups is 1. The average molecular weight is 247 g/mol. The fraction of sp³-hybridized carbons (Fsp3) is 0.900. The Morgan fingerprint density at radius 2 is 2.06 bits per heavy atom. The lowest BCUT2D eigenvalue weighted by molar-refractivity contribution is -0.146. The van der Waals surface area contributed by atoms with Crippen molar-refractivity contribution in [3.63, 3.8) is 0 Å². The van der Waals surface area contributed by atoms with Gasteiger partial charge in [-0.3, -0.25) is 4.79 Å². The van der Waals surface area contributed by atoms with Crippen LogP contribution in [0.3, 0.4) is 0 Å². The smallest absolute Gasteiger partial charge is 0.325 e. The van der Waals surface area contributed by atoms with E-state index in [1.165, 1.54) is 0 Å². The van der Waals surface area contributed by atoms with Crippen LogP contribution >= 0.6 is 0 Å². The number of aliphatic carboxylic acids is 1. The van der Waals surface area contributed by atoms with Crippen LogP contribution in [0.4, 0.5) is 0 Å². The molecule has 0 radical (unpaired) electrons. The zero-order valence-corrected chi connectivity index (χ0v) is 9.92. The molecule has 0 amide bonds. The number of rotatable bonds is 2. The van der Waals surface area contributed by atoms with Crippen LogP contribution in [0.25, 0.3) is 0 Å². The number of carboxylic acid groups (broad SMARTS) is 1. The summed E-state index contributed by atoms with van der Waals surface area (Å²) in [6.07, 6.45) is 3.19. The summed E-state index contributed by atoms with van der Waals surface area (Å²) in [4.78, 5) is 11.4. The number of carbonyl (C=O) groups is 1. The second-order valence-corrected chi connectivity index (χ2v) is 6.96. The predicted octanol–water partition coefficient (Wildman–Crippen LogP) is 0.160. The summed E-state index contributed by atoms with van der Waals surface area (Å²) in [5.74, 6) is -0.878. The van der Waals surface area contributed by atoms with Gasteiger partial charge in [-0.25, -0.2) is 8.42 Å². The second-order valence-electron chi connectivity index (χ2n) is 4.66. The van der Waals surface area contributed by atoms with Gasteiger partial charge in [-0.15, -0.1) is 0 Å². The average Bonchev–Trinajstić information content (AvgIpc) is 2.59. The Balaban J connectivity index is 2.36. The fourth-order valence-electron chi connectivity index (χ4n) is 2.87. The maximum atomic E-state index is 11.9. The highest BCUT2D eigenvalue weighted by molar-refractivity contribution is 7.92. The van der Waals surface area contributed by atoms with Crippen LogP contribution in [0, 0.1) is 0 Å². The summed E-state index contributed by atoms with van der Waals surface area (Å²) in [6, 6.07) is 0. The normalized spacial score (nSPS) is 38.4. The van der Waals surface area contributed by atoms with E-state index < -0.39 is 26.6 Å². The Labute approximate surface area is 95.1 Å². The molecule has 0 saturated carbocycles. The summed E-state index contributed by atoms with van der Waals surface area (Å²) in [7, 11) is -3.23. The SMILES string of the molecule is O=C(O)C1(C2CCCS2(=O)=O)CCCCN1. The molecule has 2 unspecified atom stereocenters. The van der Waals surface area contributed by atoms with Gasteiger partial charge in [0.1, 0.15) is 5.54 Å². The summed E-state index contributed by atoms with van der Waals surface area (Å²) < 4.78 is 23.7. The lowest BCUT2D eigenvalue weighted by Gasteiger charge is -2.38. The van der Waals surface area contributed by atoms with E-state index in [-0.39, 0.29) is 5.75 Å². The molecule has 2 saturated heterocycles. The summed E-state index contributed by atoms with van der Waals surface area (Å²) in [5, 5.41) is 11.6. The molecule has 6 heteroatoms. The van der Waals surface area contributed by atoms with Crippen molar-refractivity contribution in [1.82, 2.24) is 5.32 Å². The van der Waals surface area contributed by atoms with E-state index in [1.54, 1.807) is 0 Å². The molecule has 2 fully saturated rings. The number of carboxylic acids is 1. The third kappa shape index (κ3) is 1.73. The molecule has 0 aromatic carbocycles. The first kappa shape index (κ1) is 11.9. The molecule has 16 heavy (non-hydrogen) atoms. The highest BCUT2D eigenvalue weighted by Crippen LogP contribution is 2.35. The summed E-state index contributed by atoms with van der Waals surface area (Å²) in [6.45, 7) is 0.596. The zero-order chi connectivity index (χ0) is 11.8.